The molecule has 3 aromatic carbocycles. The van der Waals surface area contributed by atoms with Crippen LogP contribution in [0, 0.1) is 0 Å². The molecule has 0 bridgehead atoms. The highest BCUT2D eigenvalue weighted by molar-refractivity contribution is 7.48. The smallest absolute Gasteiger partial charge is 0.395 e. The van der Waals surface area contributed by atoms with Gasteiger partial charge in [0, 0.05) is 12.0 Å². The summed E-state index contributed by atoms with van der Waals surface area (Å²) in [7, 11) is -4.31. The van der Waals surface area contributed by atoms with Gasteiger partial charge < -0.3 is 9.05 Å². The first kappa shape index (κ1) is 22.8. The van der Waals surface area contributed by atoms with Crippen molar-refractivity contribution in [3.05, 3.63) is 95.6 Å². The first-order valence-electron chi connectivity index (χ1n) is 10.4. The molecule has 0 aromatic heterocycles. The van der Waals surface area contributed by atoms with E-state index in [-0.39, 0.29) is 17.3 Å². The zero-order chi connectivity index (χ0) is 22.1. The monoisotopic (exact) mass is 438 g/mol. The highest BCUT2D eigenvalue weighted by Crippen LogP contribution is 2.44. The van der Waals surface area contributed by atoms with E-state index < -0.39 is 7.82 Å². The van der Waals surface area contributed by atoms with Crippen LogP contribution in [-0.2, 0) is 17.4 Å². The van der Waals surface area contributed by atoms with Crippen LogP contribution in [0.5, 0.6) is 11.5 Å². The van der Waals surface area contributed by atoms with Crippen molar-refractivity contribution in [2.75, 3.05) is 0 Å². The molecule has 0 aliphatic carbocycles. The largest absolute Gasteiger partial charge is 0.584 e. The molecule has 3 aromatic rings. The van der Waals surface area contributed by atoms with Gasteiger partial charge in [0.05, 0.1) is 0 Å². The number of aryl methyl sites for hydroxylation is 2. The Bertz CT molecular complexity index is 1010. The van der Waals surface area contributed by atoms with Crippen molar-refractivity contribution in [2.24, 2.45) is 0 Å². The highest BCUT2D eigenvalue weighted by atomic mass is 31.2. The fourth-order valence-electron chi connectivity index (χ4n) is 3.13. The molecule has 1 unspecified atom stereocenters. The van der Waals surface area contributed by atoms with Crippen molar-refractivity contribution in [3.8, 4) is 11.5 Å². The van der Waals surface area contributed by atoms with Gasteiger partial charge in [-0.3, -0.25) is 9.69 Å². The fourth-order valence-corrected chi connectivity index (χ4v) is 3.94. The van der Waals surface area contributed by atoms with Crippen LogP contribution in [-0.4, -0.2) is 10.7 Å². The molecule has 0 amide bonds. The molecule has 1 atom stereocenters. The maximum atomic E-state index is 12.3. The van der Waals surface area contributed by atoms with Crippen LogP contribution >= 0.6 is 7.82 Å². The minimum atomic E-state index is -4.31. The molecule has 31 heavy (non-hydrogen) atoms. The standard InChI is InChI=1S/C25H27O5P/c1-2-3-7-20-10-15-23(16-11-20)29-31(27,28)30-24-17-12-21(13-18-24)14-19-25(26)22-8-5-4-6-9-22/h4-6,8-13,15-18H,2-3,7,14,19H2,1H3,(H,27,28). The van der Waals surface area contributed by atoms with Crippen LogP contribution in [0.4, 0.5) is 0 Å². The number of carbonyl (C=O) groups excluding carboxylic acids is 1. The Morgan fingerprint density at radius 1 is 0.806 bits per heavy atom. The number of ketones is 1. The summed E-state index contributed by atoms with van der Waals surface area (Å²) in [5.41, 5.74) is 2.79. The number of phosphoric acid groups is 1. The number of hydrogen-bond acceptors (Lipinski definition) is 4. The fraction of sp³-hybridized carbons (Fsp3) is 0.240. The summed E-state index contributed by atoms with van der Waals surface area (Å²) in [4.78, 5) is 22.3. The molecule has 3 rings (SSSR count). The maximum Gasteiger partial charge on any atom is 0.584 e. The molecule has 0 saturated carbocycles. The van der Waals surface area contributed by atoms with Crippen LogP contribution < -0.4 is 9.05 Å². The number of phosphoric ester groups is 1. The average molecular weight is 438 g/mol. The molecule has 0 aliphatic heterocycles. The van der Waals surface area contributed by atoms with Gasteiger partial charge in [0.15, 0.2) is 5.78 Å². The average Bonchev–Trinajstić information content (AvgIpc) is 2.78. The lowest BCUT2D eigenvalue weighted by atomic mass is 10.0. The zero-order valence-electron chi connectivity index (χ0n) is 17.6. The van der Waals surface area contributed by atoms with Gasteiger partial charge in [0.25, 0.3) is 0 Å². The summed E-state index contributed by atoms with van der Waals surface area (Å²) >= 11 is 0. The molecule has 0 heterocycles. The third-order valence-corrected chi connectivity index (χ3v) is 5.73. The lowest BCUT2D eigenvalue weighted by molar-refractivity contribution is 0.0983. The maximum absolute atomic E-state index is 12.3. The van der Waals surface area contributed by atoms with E-state index >= 15 is 0 Å². The SMILES string of the molecule is CCCCc1ccc(OP(=O)(O)Oc2ccc(CCC(=O)c3ccccc3)cc2)cc1. The lowest BCUT2D eigenvalue weighted by Gasteiger charge is -2.14. The summed E-state index contributed by atoms with van der Waals surface area (Å²) in [5.74, 6) is 0.584. The van der Waals surface area contributed by atoms with Crippen LogP contribution in [0.2, 0.25) is 0 Å². The van der Waals surface area contributed by atoms with E-state index in [4.69, 9.17) is 9.05 Å². The van der Waals surface area contributed by atoms with Gasteiger partial charge in [-0.2, -0.15) is 0 Å². The Kier molecular flexibility index (Phi) is 8.05. The second-order valence-electron chi connectivity index (χ2n) is 7.33. The molecule has 0 aliphatic rings. The summed E-state index contributed by atoms with van der Waals surface area (Å²) < 4.78 is 22.7. The third-order valence-electron chi connectivity index (χ3n) is 4.84. The van der Waals surface area contributed by atoms with E-state index in [9.17, 15) is 14.3 Å². The quantitative estimate of drug-likeness (QED) is 0.277. The Labute approximate surface area is 183 Å². The predicted molar refractivity (Wildman–Crippen MR) is 122 cm³/mol. The second kappa shape index (κ2) is 10.9. The number of hydrogen-bond donors (Lipinski definition) is 1. The molecular weight excluding hydrogens is 411 g/mol. The Balaban J connectivity index is 1.52. The minimum Gasteiger partial charge on any atom is -0.395 e. The van der Waals surface area contributed by atoms with E-state index in [1.54, 1.807) is 48.5 Å². The van der Waals surface area contributed by atoms with E-state index in [1.165, 1.54) is 0 Å². The lowest BCUT2D eigenvalue weighted by Crippen LogP contribution is -2.01. The summed E-state index contributed by atoms with van der Waals surface area (Å²) in [5, 5.41) is 0. The van der Waals surface area contributed by atoms with Gasteiger partial charge in [0.2, 0.25) is 0 Å². The van der Waals surface area contributed by atoms with E-state index in [0.29, 0.717) is 18.4 Å². The molecule has 6 heteroatoms. The number of carbonyl (C=O) groups is 1. The van der Waals surface area contributed by atoms with Crippen molar-refractivity contribution in [1.29, 1.82) is 0 Å². The van der Waals surface area contributed by atoms with Crippen LogP contribution in [0.25, 0.3) is 0 Å². The van der Waals surface area contributed by atoms with Crippen molar-refractivity contribution >= 4 is 13.6 Å². The van der Waals surface area contributed by atoms with E-state index in [1.807, 2.05) is 30.3 Å². The van der Waals surface area contributed by atoms with Crippen molar-refractivity contribution in [1.82, 2.24) is 0 Å². The number of rotatable bonds is 11. The van der Waals surface area contributed by atoms with Crippen LogP contribution in [0.1, 0.15) is 47.7 Å². The first-order chi connectivity index (χ1) is 14.9. The molecule has 1 N–H and O–H groups in total. The van der Waals surface area contributed by atoms with Crippen molar-refractivity contribution < 1.29 is 23.3 Å². The summed E-state index contributed by atoms with van der Waals surface area (Å²) in [6.07, 6.45) is 4.14. The van der Waals surface area contributed by atoms with Crippen molar-refractivity contribution in [2.45, 2.75) is 39.0 Å². The number of Topliss-reactive ketones (excluding diaryl/α,β-unsaturated/α-hetero) is 1. The van der Waals surface area contributed by atoms with Gasteiger partial charge in [-0.25, -0.2) is 4.57 Å². The molecule has 0 radical (unpaired) electrons. The van der Waals surface area contributed by atoms with E-state index in [2.05, 4.69) is 6.92 Å². The Morgan fingerprint density at radius 3 is 1.84 bits per heavy atom. The molecule has 162 valence electrons. The number of benzene rings is 3. The first-order valence-corrected chi connectivity index (χ1v) is 11.9. The zero-order valence-corrected chi connectivity index (χ0v) is 18.5. The van der Waals surface area contributed by atoms with Crippen LogP contribution in [0.3, 0.4) is 0 Å². The third kappa shape index (κ3) is 7.39. The van der Waals surface area contributed by atoms with Gasteiger partial charge in [-0.1, -0.05) is 67.9 Å². The van der Waals surface area contributed by atoms with Crippen molar-refractivity contribution in [3.63, 3.8) is 0 Å². The predicted octanol–water partition coefficient (Wildman–Crippen LogP) is 6.40. The summed E-state index contributed by atoms with van der Waals surface area (Å²) in [6.45, 7) is 2.13. The van der Waals surface area contributed by atoms with Gasteiger partial charge >= 0.3 is 7.82 Å². The topological polar surface area (TPSA) is 72.8 Å². The normalized spacial score (nSPS) is 12.7. The molecule has 5 nitrogen and oxygen atoms in total. The van der Waals surface area contributed by atoms with Gasteiger partial charge in [-0.15, -0.1) is 0 Å². The molecular formula is C25H27O5P. The highest BCUT2D eigenvalue weighted by Gasteiger charge is 2.25. The molecule has 0 saturated heterocycles. The van der Waals surface area contributed by atoms with Gasteiger partial charge in [0.1, 0.15) is 11.5 Å². The molecule has 0 spiro atoms. The number of unbranched alkanes of at least 4 members (excludes halogenated alkanes) is 1. The van der Waals surface area contributed by atoms with E-state index in [0.717, 1.165) is 30.4 Å². The van der Waals surface area contributed by atoms with Crippen LogP contribution in [0.15, 0.2) is 78.9 Å². The molecule has 0 fully saturated rings. The minimum absolute atomic E-state index is 0.0786. The Hall–Kier alpha value is -2.88. The van der Waals surface area contributed by atoms with Gasteiger partial charge in [-0.05, 0) is 54.7 Å². The Morgan fingerprint density at radius 2 is 1.32 bits per heavy atom. The second-order valence-corrected chi connectivity index (χ2v) is 8.63. The summed E-state index contributed by atoms with van der Waals surface area (Å²) in [6, 6.07) is 23.0.